The van der Waals surface area contributed by atoms with Crippen LogP contribution in [0.5, 0.6) is 23.0 Å². The zero-order valence-electron chi connectivity index (χ0n) is 37.2. The van der Waals surface area contributed by atoms with Crippen LogP contribution in [0, 0.1) is 58.2 Å². The lowest BCUT2D eigenvalue weighted by molar-refractivity contribution is -0.0701. The first-order chi connectivity index (χ1) is 28.7. The molecule has 0 heterocycles. The summed E-state index contributed by atoms with van der Waals surface area (Å²) in [5.41, 5.74) is 1.86. The second-order valence-corrected chi connectivity index (χ2v) is 19.0. The van der Waals surface area contributed by atoms with E-state index < -0.39 is 18.1 Å². The maximum atomic E-state index is 12.3. The van der Waals surface area contributed by atoms with E-state index in [4.69, 9.17) is 18.9 Å². The summed E-state index contributed by atoms with van der Waals surface area (Å²) < 4.78 is 25.2. The van der Waals surface area contributed by atoms with Crippen LogP contribution >= 0.6 is 0 Å². The molecule has 3 unspecified atom stereocenters. The molecule has 9 atom stereocenters. The van der Waals surface area contributed by atoms with E-state index in [1.54, 1.807) is 24.3 Å². The van der Waals surface area contributed by atoms with Gasteiger partial charge in [0, 0.05) is 0 Å². The molecular weight excluding hydrogens is 753 g/mol. The molecule has 3 saturated carbocycles. The summed E-state index contributed by atoms with van der Waals surface area (Å²) >= 11 is 0. The minimum Gasteiger partial charge on any atom is -0.494 e. The van der Waals surface area contributed by atoms with E-state index in [0.717, 1.165) is 47.3 Å². The van der Waals surface area contributed by atoms with Crippen LogP contribution in [0.15, 0.2) is 84.9 Å². The van der Waals surface area contributed by atoms with E-state index in [9.17, 15) is 14.4 Å². The van der Waals surface area contributed by atoms with Gasteiger partial charge in [0.15, 0.2) is 0 Å². The first-order valence-electron chi connectivity index (χ1n) is 22.6. The minimum absolute atomic E-state index is 0.229. The van der Waals surface area contributed by atoms with E-state index in [-0.39, 0.29) is 17.1 Å². The van der Waals surface area contributed by atoms with Crippen molar-refractivity contribution < 1.29 is 38.1 Å². The molecule has 3 aromatic carbocycles. The van der Waals surface area contributed by atoms with Crippen LogP contribution in [0.25, 0.3) is 0 Å². The summed E-state index contributed by atoms with van der Waals surface area (Å²) in [4.78, 5) is 35.6. The maximum absolute atomic E-state index is 12.3. The van der Waals surface area contributed by atoms with Crippen molar-refractivity contribution in [3.8, 4) is 23.0 Å². The van der Waals surface area contributed by atoms with Gasteiger partial charge >= 0.3 is 18.1 Å². The normalized spacial score (nSPS) is 28.1. The smallest absolute Gasteiger partial charge is 0.494 e. The summed E-state index contributed by atoms with van der Waals surface area (Å²) in [7, 11) is 1.19. The van der Waals surface area contributed by atoms with Gasteiger partial charge in [0.2, 0.25) is 0 Å². The highest BCUT2D eigenvalue weighted by Gasteiger charge is 2.59. The van der Waals surface area contributed by atoms with Crippen molar-refractivity contribution in [1.29, 1.82) is 0 Å². The Balaban J connectivity index is 0.000000203. The molecule has 0 bridgehead atoms. The Kier molecular flexibility index (Phi) is 14.9. The minimum atomic E-state index is -0.858. The number of ether oxygens (including phenoxy) is 5. The predicted octanol–water partition coefficient (Wildman–Crippen LogP) is 13.2. The third-order valence-corrected chi connectivity index (χ3v) is 14.7. The lowest BCUT2D eigenvalue weighted by Crippen LogP contribution is -2.51. The van der Waals surface area contributed by atoms with Crippen molar-refractivity contribution >= 4 is 18.1 Å². The number of hydrogen-bond acceptors (Lipinski definition) is 8. The van der Waals surface area contributed by atoms with Crippen LogP contribution in [-0.4, -0.2) is 31.8 Å². The zero-order chi connectivity index (χ0) is 43.0. The number of carbonyl (C=O) groups is 3. The molecule has 0 spiro atoms. The molecular formula is C52H68O8. The van der Waals surface area contributed by atoms with Crippen LogP contribution in [0.3, 0.4) is 0 Å². The molecule has 0 aliphatic heterocycles. The average molecular weight is 821 g/mol. The highest BCUT2D eigenvalue weighted by molar-refractivity contribution is 5.92. The molecule has 3 aromatic rings. The fourth-order valence-corrected chi connectivity index (χ4v) is 11.4. The highest BCUT2D eigenvalue weighted by atomic mass is 16.7. The zero-order valence-corrected chi connectivity index (χ0v) is 37.2. The monoisotopic (exact) mass is 820 g/mol. The van der Waals surface area contributed by atoms with Crippen molar-refractivity contribution in [2.45, 2.75) is 113 Å². The van der Waals surface area contributed by atoms with Crippen molar-refractivity contribution in [1.82, 2.24) is 0 Å². The highest BCUT2D eigenvalue weighted by Crippen LogP contribution is 2.67. The lowest BCUT2D eigenvalue weighted by Gasteiger charge is -2.59. The Hall–Kier alpha value is -4.59. The van der Waals surface area contributed by atoms with Gasteiger partial charge in [-0.15, -0.1) is 0 Å². The Morgan fingerprint density at radius 3 is 1.77 bits per heavy atom. The van der Waals surface area contributed by atoms with Gasteiger partial charge in [-0.3, -0.25) is 0 Å². The van der Waals surface area contributed by atoms with E-state index in [0.29, 0.717) is 34.5 Å². The molecule has 324 valence electrons. The Bertz CT molecular complexity index is 1920. The molecule has 0 saturated heterocycles. The molecule has 0 radical (unpaired) electrons. The van der Waals surface area contributed by atoms with Gasteiger partial charge in [0.05, 0.1) is 24.8 Å². The van der Waals surface area contributed by atoms with E-state index in [2.05, 4.69) is 58.4 Å². The van der Waals surface area contributed by atoms with E-state index in [1.807, 2.05) is 6.92 Å². The largest absolute Gasteiger partial charge is 0.513 e. The first kappa shape index (κ1) is 44.9. The quantitative estimate of drug-likeness (QED) is 0.0771. The van der Waals surface area contributed by atoms with Gasteiger partial charge in [-0.25, -0.2) is 14.4 Å². The number of hydrogen-bond donors (Lipinski definition) is 0. The molecule has 0 N–H and O–H groups in total. The van der Waals surface area contributed by atoms with Gasteiger partial charge in [0.1, 0.15) is 23.0 Å². The molecule has 3 fully saturated rings. The van der Waals surface area contributed by atoms with E-state index in [1.165, 1.54) is 120 Å². The lowest BCUT2D eigenvalue weighted by atomic mass is 9.46. The number of fused-ring (bicyclic) bond motifs is 5. The Morgan fingerprint density at radius 1 is 0.667 bits per heavy atom. The molecule has 7 rings (SSSR count). The van der Waals surface area contributed by atoms with Crippen LogP contribution in [0.4, 0.5) is 4.79 Å². The molecule has 4 aliphatic carbocycles. The van der Waals surface area contributed by atoms with Crippen LogP contribution < -0.4 is 18.9 Å². The summed E-state index contributed by atoms with van der Waals surface area (Å²) in [5.74, 6) is 7.76. The number of rotatable bonds is 12. The van der Waals surface area contributed by atoms with E-state index >= 15 is 0 Å². The van der Waals surface area contributed by atoms with Gasteiger partial charge in [-0.05, 0) is 176 Å². The number of methoxy groups -OCH3 is 1. The molecule has 8 heteroatoms. The summed E-state index contributed by atoms with van der Waals surface area (Å²) in [6.07, 6.45) is 19.4. The molecule has 8 nitrogen and oxygen atoms in total. The van der Waals surface area contributed by atoms with Crippen LogP contribution in [0.1, 0.15) is 133 Å². The van der Waals surface area contributed by atoms with Gasteiger partial charge in [-0.1, -0.05) is 79.4 Å². The number of benzene rings is 3. The van der Waals surface area contributed by atoms with Crippen molar-refractivity contribution in [3.63, 3.8) is 0 Å². The third kappa shape index (κ3) is 10.5. The van der Waals surface area contributed by atoms with Crippen molar-refractivity contribution in [3.05, 3.63) is 96.1 Å². The third-order valence-electron chi connectivity index (χ3n) is 14.7. The fraction of sp³-hybridized carbons (Fsp3) is 0.558. The summed E-state index contributed by atoms with van der Waals surface area (Å²) in [6.45, 7) is 17.7. The molecule has 0 aromatic heterocycles. The molecule has 0 amide bonds. The van der Waals surface area contributed by atoms with Crippen LogP contribution in [0.2, 0.25) is 0 Å². The van der Waals surface area contributed by atoms with Crippen LogP contribution in [-0.2, 0) is 4.74 Å². The Labute approximate surface area is 358 Å². The Morgan fingerprint density at radius 2 is 1.20 bits per heavy atom. The first-order valence-corrected chi connectivity index (χ1v) is 22.6. The number of carbonyl (C=O) groups excluding carboxylic acids is 3. The summed E-state index contributed by atoms with van der Waals surface area (Å²) in [6, 6.07) is 18.4. The topological polar surface area (TPSA) is 97.4 Å². The average Bonchev–Trinajstić information content (AvgIpc) is 3.60. The maximum Gasteiger partial charge on any atom is 0.513 e. The van der Waals surface area contributed by atoms with Gasteiger partial charge < -0.3 is 23.7 Å². The molecule has 60 heavy (non-hydrogen) atoms. The SMILES string of the molecule is CC(C)CCCC(C)[C@@H]1CC[C@@H]2[C@H]3C=CC4CC(C)CC[C@@]4(C)[C@@H]3CC[C@]21C.CCOc1ccc(C(=O)Oc2ccc(OC(=O)c3ccc(OC(=O)OC)cc3)cc2)cc1. The van der Waals surface area contributed by atoms with Crippen molar-refractivity contribution in [2.24, 2.45) is 58.2 Å². The van der Waals surface area contributed by atoms with Gasteiger partial charge in [0.25, 0.3) is 0 Å². The number of esters is 2. The number of allylic oxidation sites excluding steroid dienone is 2. The van der Waals surface area contributed by atoms with Gasteiger partial charge in [-0.2, -0.15) is 0 Å². The predicted molar refractivity (Wildman–Crippen MR) is 236 cm³/mol. The van der Waals surface area contributed by atoms with Crippen molar-refractivity contribution in [2.75, 3.05) is 13.7 Å². The summed E-state index contributed by atoms with van der Waals surface area (Å²) in [5, 5.41) is 0. The fourth-order valence-electron chi connectivity index (χ4n) is 11.4. The second-order valence-electron chi connectivity index (χ2n) is 19.0. The standard InChI is InChI=1S/C28H48.C24H20O8/c1-19(2)8-7-9-21(4)24-12-13-25-23-11-10-22-18-20(3)14-16-27(22,5)26(23)15-17-28(24,25)6;1-3-29-18-8-4-16(5-9-18)22(25)30-19-12-14-20(15-13-19)31-23(26)17-6-10-21(11-7-17)32-24(27)28-2/h10-11,19-26H,7-9,12-18H2,1-6H3;4-15H,3H2,1-2H3/t20?,21?,22?,23-,24+,25-,26-,27-,28+;/m1./s1. The second kappa shape index (κ2) is 19.9. The molecule has 4 aliphatic rings.